The highest BCUT2D eigenvalue weighted by Gasteiger charge is 2.09. The van der Waals surface area contributed by atoms with Gasteiger partial charge in [-0.1, -0.05) is 35.4 Å². The average Bonchev–Trinajstić information content (AvgIpc) is 2.07. The summed E-state index contributed by atoms with van der Waals surface area (Å²) >= 11 is 2.00. The van der Waals surface area contributed by atoms with Gasteiger partial charge in [-0.25, -0.2) is 0 Å². The van der Waals surface area contributed by atoms with Crippen molar-refractivity contribution < 1.29 is 5.48 Å². The molecular formula is C5H9I. The summed E-state index contributed by atoms with van der Waals surface area (Å²) in [6, 6.07) is 0. The van der Waals surface area contributed by atoms with Gasteiger partial charge in [0, 0.05) is 9.41 Å². The number of hydrogen-bond acceptors (Lipinski definition) is 0. The molecule has 36 valence electrons. The highest BCUT2D eigenvalue weighted by atomic mass is 127. The Bertz CT molecular complexity index is 86.0. The van der Waals surface area contributed by atoms with Crippen LogP contribution >= 0.6 is 22.6 Å². The molecule has 0 spiro atoms. The Labute approximate surface area is 58.1 Å². The molecule has 1 fully saturated rings. The molecule has 0 aromatic rings. The molecule has 0 bridgehead atoms. The summed E-state index contributed by atoms with van der Waals surface area (Å²) in [4.78, 5) is 0. The van der Waals surface area contributed by atoms with Crippen molar-refractivity contribution in [3.05, 3.63) is 0 Å². The Hall–Kier alpha value is 0.730. The van der Waals surface area contributed by atoms with Crippen LogP contribution in [0, 0.1) is 0 Å². The molecule has 1 aliphatic carbocycles. The van der Waals surface area contributed by atoms with Crippen LogP contribution in [0.4, 0.5) is 0 Å². The first-order valence-electron chi connectivity index (χ1n) is 4.19. The van der Waals surface area contributed by atoms with Crippen molar-refractivity contribution in [3.8, 4) is 0 Å². The quantitative estimate of drug-likeness (QED) is 0.416. The molecule has 0 amide bonds. The predicted molar refractivity (Wildman–Crippen MR) is 36.3 cm³/mol. The summed E-state index contributed by atoms with van der Waals surface area (Å²) in [7, 11) is 0. The summed E-state index contributed by atoms with van der Waals surface area (Å²) in [5.41, 5.74) is 0. The van der Waals surface area contributed by atoms with Gasteiger partial charge in [0.2, 0.25) is 0 Å². The van der Waals surface area contributed by atoms with Gasteiger partial charge in [-0.2, -0.15) is 0 Å². The van der Waals surface area contributed by atoms with Gasteiger partial charge in [-0.05, 0) is 12.8 Å². The topological polar surface area (TPSA) is 0 Å². The molecule has 4 unspecified atom stereocenters. The minimum Gasteiger partial charge on any atom is -0.0826 e. The zero-order valence-electron chi connectivity index (χ0n) is 7.26. The lowest BCUT2D eigenvalue weighted by Gasteiger charge is -1.88. The van der Waals surface area contributed by atoms with Crippen LogP contribution in [0.1, 0.15) is 31.1 Å². The van der Waals surface area contributed by atoms with Crippen LogP contribution in [-0.2, 0) is 0 Å². The second kappa shape index (κ2) is 2.15. The zero-order valence-corrected chi connectivity index (χ0v) is 5.42. The normalized spacial score (nSPS) is 93.2. The number of alkyl halides is 1. The Balaban J connectivity index is 2.68. The molecule has 0 radical (unpaired) electrons. The molecule has 0 aromatic carbocycles. The van der Waals surface area contributed by atoms with Gasteiger partial charge in [0.1, 0.15) is 0 Å². The van der Waals surface area contributed by atoms with Crippen molar-refractivity contribution >= 4 is 22.6 Å². The summed E-state index contributed by atoms with van der Waals surface area (Å²) in [5.74, 6) is 0. The molecule has 0 aromatic heterocycles. The summed E-state index contributed by atoms with van der Waals surface area (Å²) in [6.45, 7) is 0. The maximum absolute atomic E-state index is 7.37. The third-order valence-corrected chi connectivity index (χ3v) is 1.53. The van der Waals surface area contributed by atoms with E-state index >= 15 is 0 Å². The van der Waals surface area contributed by atoms with Crippen molar-refractivity contribution in [3.63, 3.8) is 0 Å². The average molecular weight is 200 g/mol. The molecule has 1 rings (SSSR count). The van der Waals surface area contributed by atoms with Gasteiger partial charge in [0.05, 0.1) is 0 Å². The maximum Gasteiger partial charge on any atom is 0.0277 e. The minimum absolute atomic E-state index is 0.136. The van der Waals surface area contributed by atoms with Crippen molar-refractivity contribution in [1.29, 1.82) is 0 Å². The summed E-state index contributed by atoms with van der Waals surface area (Å²) < 4.78 is 29.2. The van der Waals surface area contributed by atoms with Gasteiger partial charge < -0.3 is 0 Å². The van der Waals surface area contributed by atoms with E-state index in [1.165, 1.54) is 0 Å². The van der Waals surface area contributed by atoms with Crippen LogP contribution in [0.15, 0.2) is 0 Å². The van der Waals surface area contributed by atoms with Crippen LogP contribution in [0.3, 0.4) is 0 Å². The van der Waals surface area contributed by atoms with Crippen molar-refractivity contribution in [2.24, 2.45) is 0 Å². The smallest absolute Gasteiger partial charge is 0.0277 e. The standard InChI is InChI=1S/C5H9I/c6-5-3-1-2-4-5/h5H,1-4H2/i1D,2D,3D,4D. The number of halogens is 1. The first kappa shape index (κ1) is 1.92. The van der Waals surface area contributed by atoms with E-state index in [1.807, 2.05) is 22.6 Å². The van der Waals surface area contributed by atoms with Gasteiger partial charge in [0.15, 0.2) is 0 Å². The lowest BCUT2D eigenvalue weighted by Crippen LogP contribution is -1.81. The number of rotatable bonds is 0. The fourth-order valence-electron chi connectivity index (χ4n) is 0.405. The van der Waals surface area contributed by atoms with E-state index in [2.05, 4.69) is 0 Å². The molecule has 0 nitrogen and oxygen atoms in total. The van der Waals surface area contributed by atoms with E-state index in [1.54, 1.807) is 0 Å². The second-order valence-electron chi connectivity index (χ2n) is 1.21. The molecule has 1 heteroatoms. The van der Waals surface area contributed by atoms with E-state index < -0.39 is 25.6 Å². The van der Waals surface area contributed by atoms with Crippen LogP contribution in [0.5, 0.6) is 0 Å². The molecule has 0 saturated heterocycles. The molecule has 4 atom stereocenters. The minimum atomic E-state index is -0.676. The van der Waals surface area contributed by atoms with Gasteiger partial charge in [-0.3, -0.25) is 0 Å². The van der Waals surface area contributed by atoms with Gasteiger partial charge in [0.25, 0.3) is 0 Å². The number of hydrogen-bond donors (Lipinski definition) is 0. The third-order valence-electron chi connectivity index (χ3n) is 0.701. The Morgan fingerprint density at radius 2 is 2.00 bits per heavy atom. The lowest BCUT2D eigenvalue weighted by molar-refractivity contribution is 0.886. The van der Waals surface area contributed by atoms with Crippen molar-refractivity contribution in [1.82, 2.24) is 0 Å². The fraction of sp³-hybridized carbons (Fsp3) is 1.00. The van der Waals surface area contributed by atoms with Gasteiger partial charge in [-0.15, -0.1) is 0 Å². The molecular weight excluding hydrogens is 187 g/mol. The van der Waals surface area contributed by atoms with E-state index in [4.69, 9.17) is 5.48 Å². The zero-order chi connectivity index (χ0) is 7.89. The van der Waals surface area contributed by atoms with Crippen LogP contribution in [0.2, 0.25) is 0 Å². The first-order chi connectivity index (χ1) is 4.55. The molecule has 0 heterocycles. The summed E-state index contributed by atoms with van der Waals surface area (Å²) in [5, 5.41) is 0. The van der Waals surface area contributed by atoms with Crippen LogP contribution in [0.25, 0.3) is 0 Å². The predicted octanol–water partition coefficient (Wildman–Crippen LogP) is 2.36. The van der Waals surface area contributed by atoms with E-state index in [9.17, 15) is 0 Å². The highest BCUT2D eigenvalue weighted by Crippen LogP contribution is 2.24. The van der Waals surface area contributed by atoms with Gasteiger partial charge >= 0.3 is 0 Å². The second-order valence-corrected chi connectivity index (χ2v) is 2.65. The molecule has 0 N–H and O–H groups in total. The van der Waals surface area contributed by atoms with Crippen LogP contribution < -0.4 is 0 Å². The van der Waals surface area contributed by atoms with Crippen molar-refractivity contribution in [2.45, 2.75) is 29.5 Å². The molecule has 1 aliphatic rings. The molecule has 0 aliphatic heterocycles. The first-order valence-corrected chi connectivity index (χ1v) is 3.13. The van der Waals surface area contributed by atoms with E-state index in [0.29, 0.717) is 0 Å². The highest BCUT2D eigenvalue weighted by molar-refractivity contribution is 14.1. The molecule has 6 heavy (non-hydrogen) atoms. The maximum atomic E-state index is 7.37. The summed E-state index contributed by atoms with van der Waals surface area (Å²) in [6.07, 6.45) is -2.43. The van der Waals surface area contributed by atoms with Crippen LogP contribution in [-0.4, -0.2) is 3.92 Å². The van der Waals surface area contributed by atoms with Crippen molar-refractivity contribution in [2.75, 3.05) is 0 Å². The largest absolute Gasteiger partial charge is 0.0826 e. The lowest BCUT2D eigenvalue weighted by atomic mass is 10.4. The van der Waals surface area contributed by atoms with E-state index in [0.717, 1.165) is 0 Å². The monoisotopic (exact) mass is 200 g/mol. The molecule has 1 saturated carbocycles. The Kier molecular flexibility index (Phi) is 0.686. The Morgan fingerprint density at radius 3 is 2.17 bits per heavy atom. The fourth-order valence-corrected chi connectivity index (χ4v) is 0.884. The SMILES string of the molecule is [2H]C1C([2H])C([2H])C(I)C1[2H]. The Morgan fingerprint density at radius 1 is 1.50 bits per heavy atom. The van der Waals surface area contributed by atoms with E-state index in [-0.39, 0.29) is 3.92 Å². The third kappa shape index (κ3) is 1.10.